The fraction of sp³-hybridized carbons (Fsp3) is 0.267. The third-order valence-corrected chi connectivity index (χ3v) is 7.36. The summed E-state index contributed by atoms with van der Waals surface area (Å²) < 4.78 is 16.1. The second kappa shape index (κ2) is 11.4. The van der Waals surface area contributed by atoms with Gasteiger partial charge in [-0.15, -0.1) is 0 Å². The van der Waals surface area contributed by atoms with Crippen LogP contribution in [0.4, 0.5) is 0 Å². The molecule has 39 heavy (non-hydrogen) atoms. The standard InChI is InChI=1S/C30H30ClN3O5/c1-37-25-11-7-10-19(28(25)38-2)16-34-17-21(15-24(34)30(36)39-3)32-29(35)27-26(18-8-5-4-6-9-18)22-14-20(31)12-13-23(22)33-27/h4-14,21,24,33H,15-17H2,1-3H3,(H,32,35)/t21-,24-/m0/s1. The van der Waals surface area contributed by atoms with Gasteiger partial charge in [0.1, 0.15) is 11.7 Å². The number of carbonyl (C=O) groups excluding carboxylic acids is 2. The maximum absolute atomic E-state index is 13.7. The Hall–Kier alpha value is -4.01. The van der Waals surface area contributed by atoms with Gasteiger partial charge in [-0.2, -0.15) is 0 Å². The van der Waals surface area contributed by atoms with Crippen LogP contribution in [0.3, 0.4) is 0 Å². The number of rotatable bonds is 8. The molecule has 1 aliphatic heterocycles. The van der Waals surface area contributed by atoms with Crippen LogP contribution >= 0.6 is 11.6 Å². The molecule has 4 aromatic rings. The van der Waals surface area contributed by atoms with E-state index in [0.29, 0.717) is 41.7 Å². The van der Waals surface area contributed by atoms with Crippen molar-refractivity contribution in [2.75, 3.05) is 27.9 Å². The Kier molecular flexibility index (Phi) is 7.77. The number of aromatic amines is 1. The van der Waals surface area contributed by atoms with E-state index in [1.807, 2.05) is 65.6 Å². The number of para-hydroxylation sites is 1. The second-order valence-corrected chi connectivity index (χ2v) is 9.89. The number of nitrogens with one attached hydrogen (secondary N) is 2. The third-order valence-electron chi connectivity index (χ3n) is 7.12. The lowest BCUT2D eigenvalue weighted by atomic mass is 10.0. The Morgan fingerprint density at radius 3 is 2.54 bits per heavy atom. The molecule has 2 heterocycles. The highest BCUT2D eigenvalue weighted by Gasteiger charge is 2.39. The lowest BCUT2D eigenvalue weighted by molar-refractivity contribution is -0.146. The number of nitrogens with zero attached hydrogens (tertiary/aromatic N) is 1. The van der Waals surface area contributed by atoms with Crippen LogP contribution in [-0.4, -0.2) is 61.7 Å². The first-order valence-electron chi connectivity index (χ1n) is 12.6. The van der Waals surface area contributed by atoms with E-state index in [1.165, 1.54) is 7.11 Å². The van der Waals surface area contributed by atoms with Gasteiger partial charge < -0.3 is 24.5 Å². The highest BCUT2D eigenvalue weighted by Crippen LogP contribution is 2.35. The van der Waals surface area contributed by atoms with Gasteiger partial charge in [-0.25, -0.2) is 0 Å². The number of fused-ring (bicyclic) bond motifs is 1. The summed E-state index contributed by atoms with van der Waals surface area (Å²) in [5, 5.41) is 4.60. The maximum atomic E-state index is 13.7. The molecule has 1 fully saturated rings. The minimum atomic E-state index is -0.522. The number of carbonyl (C=O) groups is 2. The number of halogens is 1. The van der Waals surface area contributed by atoms with E-state index < -0.39 is 6.04 Å². The number of benzene rings is 3. The van der Waals surface area contributed by atoms with E-state index in [4.69, 9.17) is 25.8 Å². The fourth-order valence-electron chi connectivity index (χ4n) is 5.36. The van der Waals surface area contributed by atoms with Crippen LogP contribution in [0.5, 0.6) is 11.5 Å². The smallest absolute Gasteiger partial charge is 0.323 e. The predicted molar refractivity (Wildman–Crippen MR) is 150 cm³/mol. The molecule has 5 rings (SSSR count). The molecule has 1 saturated heterocycles. The first-order chi connectivity index (χ1) is 18.9. The van der Waals surface area contributed by atoms with Crippen LogP contribution in [0.15, 0.2) is 66.7 Å². The number of methoxy groups -OCH3 is 3. The molecule has 3 aromatic carbocycles. The van der Waals surface area contributed by atoms with Gasteiger partial charge in [0.05, 0.1) is 21.3 Å². The molecule has 2 atom stereocenters. The van der Waals surface area contributed by atoms with E-state index in [1.54, 1.807) is 20.3 Å². The van der Waals surface area contributed by atoms with E-state index in [9.17, 15) is 9.59 Å². The van der Waals surface area contributed by atoms with Gasteiger partial charge in [-0.3, -0.25) is 14.5 Å². The second-order valence-electron chi connectivity index (χ2n) is 9.46. The van der Waals surface area contributed by atoms with Crippen LogP contribution in [-0.2, 0) is 16.1 Å². The summed E-state index contributed by atoms with van der Waals surface area (Å²) in [6, 6.07) is 20.1. The molecule has 1 aliphatic rings. The number of likely N-dealkylation sites (tertiary alicyclic amines) is 1. The number of hydrogen-bond acceptors (Lipinski definition) is 6. The summed E-state index contributed by atoms with van der Waals surface area (Å²) >= 11 is 6.31. The van der Waals surface area contributed by atoms with Crippen LogP contribution in [0.1, 0.15) is 22.5 Å². The maximum Gasteiger partial charge on any atom is 0.323 e. The van der Waals surface area contributed by atoms with Crippen molar-refractivity contribution in [3.05, 3.63) is 83.0 Å². The highest BCUT2D eigenvalue weighted by atomic mass is 35.5. The Balaban J connectivity index is 1.43. The molecular formula is C30H30ClN3O5. The Morgan fingerprint density at radius 2 is 1.82 bits per heavy atom. The van der Waals surface area contributed by atoms with Crippen molar-refractivity contribution >= 4 is 34.4 Å². The van der Waals surface area contributed by atoms with Crippen LogP contribution in [0.2, 0.25) is 5.02 Å². The first-order valence-corrected chi connectivity index (χ1v) is 13.0. The lowest BCUT2D eigenvalue weighted by Gasteiger charge is -2.23. The van der Waals surface area contributed by atoms with Gasteiger partial charge in [0, 0.05) is 46.2 Å². The molecule has 202 valence electrons. The molecule has 0 spiro atoms. The Bertz CT molecular complexity index is 1500. The molecule has 0 saturated carbocycles. The molecular weight excluding hydrogens is 518 g/mol. The minimum Gasteiger partial charge on any atom is -0.493 e. The molecule has 0 unspecified atom stereocenters. The fourth-order valence-corrected chi connectivity index (χ4v) is 5.53. The van der Waals surface area contributed by atoms with Crippen molar-refractivity contribution < 1.29 is 23.8 Å². The third kappa shape index (κ3) is 5.30. The van der Waals surface area contributed by atoms with Crippen LogP contribution in [0, 0.1) is 0 Å². The summed E-state index contributed by atoms with van der Waals surface area (Å²) in [6.45, 7) is 0.880. The van der Waals surface area contributed by atoms with Crippen molar-refractivity contribution in [3.63, 3.8) is 0 Å². The van der Waals surface area contributed by atoms with Crippen LogP contribution in [0.25, 0.3) is 22.0 Å². The zero-order valence-corrected chi connectivity index (χ0v) is 22.7. The summed E-state index contributed by atoms with van der Waals surface area (Å²) in [5.41, 5.74) is 3.82. The number of H-pyrrole nitrogens is 1. The average Bonchev–Trinajstić information content (AvgIpc) is 3.53. The molecule has 0 bridgehead atoms. The highest BCUT2D eigenvalue weighted by molar-refractivity contribution is 6.31. The summed E-state index contributed by atoms with van der Waals surface area (Å²) in [6.07, 6.45) is 0.414. The zero-order chi connectivity index (χ0) is 27.5. The first kappa shape index (κ1) is 26.6. The van der Waals surface area contributed by atoms with E-state index in [0.717, 1.165) is 27.6 Å². The molecule has 0 aliphatic carbocycles. The van der Waals surface area contributed by atoms with E-state index in [2.05, 4.69) is 10.3 Å². The Labute approximate surface area is 231 Å². The van der Waals surface area contributed by atoms with Crippen molar-refractivity contribution in [1.82, 2.24) is 15.2 Å². The number of ether oxygens (including phenoxy) is 3. The quantitative estimate of drug-likeness (QED) is 0.300. The van der Waals surface area contributed by atoms with Crippen LogP contribution < -0.4 is 14.8 Å². The topological polar surface area (TPSA) is 92.9 Å². The number of hydrogen-bond donors (Lipinski definition) is 2. The number of amides is 1. The summed E-state index contributed by atoms with van der Waals surface area (Å²) in [7, 11) is 4.55. The van der Waals surface area contributed by atoms with Gasteiger partial charge in [0.2, 0.25) is 0 Å². The molecule has 1 amide bonds. The molecule has 0 radical (unpaired) electrons. The van der Waals surface area contributed by atoms with E-state index in [-0.39, 0.29) is 17.9 Å². The normalized spacial score (nSPS) is 17.2. The summed E-state index contributed by atoms with van der Waals surface area (Å²) in [4.78, 5) is 31.7. The van der Waals surface area contributed by atoms with Crippen molar-refractivity contribution in [1.29, 1.82) is 0 Å². The average molecular weight is 548 g/mol. The molecule has 8 nitrogen and oxygen atoms in total. The molecule has 2 N–H and O–H groups in total. The predicted octanol–water partition coefficient (Wildman–Crippen LogP) is 5.05. The molecule has 1 aromatic heterocycles. The SMILES string of the molecule is COC(=O)[C@@H]1C[C@H](NC(=O)c2[nH]c3ccc(Cl)cc3c2-c2ccccc2)CN1Cc1cccc(OC)c1OC. The number of aromatic nitrogens is 1. The van der Waals surface area contributed by atoms with Gasteiger partial charge in [-0.05, 0) is 36.2 Å². The van der Waals surface area contributed by atoms with Gasteiger partial charge >= 0.3 is 5.97 Å². The zero-order valence-electron chi connectivity index (χ0n) is 22.0. The monoisotopic (exact) mass is 547 g/mol. The van der Waals surface area contributed by atoms with Crippen molar-refractivity contribution in [2.45, 2.75) is 25.0 Å². The lowest BCUT2D eigenvalue weighted by Crippen LogP contribution is -2.38. The van der Waals surface area contributed by atoms with Gasteiger partial charge in [0.25, 0.3) is 5.91 Å². The summed E-state index contributed by atoms with van der Waals surface area (Å²) in [5.74, 6) is 0.621. The van der Waals surface area contributed by atoms with Gasteiger partial charge in [-0.1, -0.05) is 54.1 Å². The van der Waals surface area contributed by atoms with Gasteiger partial charge in [0.15, 0.2) is 11.5 Å². The van der Waals surface area contributed by atoms with E-state index >= 15 is 0 Å². The minimum absolute atomic E-state index is 0.254. The number of esters is 1. The molecule has 9 heteroatoms. The van der Waals surface area contributed by atoms with Crippen molar-refractivity contribution in [3.8, 4) is 22.6 Å². The van der Waals surface area contributed by atoms with Crippen molar-refractivity contribution in [2.24, 2.45) is 0 Å². The largest absolute Gasteiger partial charge is 0.493 e. The Morgan fingerprint density at radius 1 is 1.03 bits per heavy atom.